The number of thioether (sulfide) groups is 1. The summed E-state index contributed by atoms with van der Waals surface area (Å²) in [4.78, 5) is 23.1. The van der Waals surface area contributed by atoms with Crippen LogP contribution in [-0.4, -0.2) is 71.4 Å². The fraction of sp³-hybridized carbons (Fsp3) is 0.528. The summed E-state index contributed by atoms with van der Waals surface area (Å²) in [6, 6.07) is 13.4. The van der Waals surface area contributed by atoms with Gasteiger partial charge in [-0.15, -0.1) is 0 Å². The van der Waals surface area contributed by atoms with Crippen molar-refractivity contribution >= 4 is 35.0 Å². The third kappa shape index (κ3) is 6.75. The lowest BCUT2D eigenvalue weighted by Gasteiger charge is -2.47. The average molecular weight is 664 g/mol. The van der Waals surface area contributed by atoms with E-state index in [0.29, 0.717) is 31.7 Å². The number of aryl methyl sites for hydroxylation is 1. The molecule has 1 saturated carbocycles. The zero-order valence-electron chi connectivity index (χ0n) is 26.3. The third-order valence-corrected chi connectivity index (χ3v) is 11.6. The number of aromatic carboxylic acids is 1. The first-order chi connectivity index (χ1) is 22.4. The monoisotopic (exact) mass is 663 g/mol. The number of rotatable bonds is 9. The van der Waals surface area contributed by atoms with Crippen LogP contribution in [0.15, 0.2) is 60.0 Å². The number of nitrogens with zero attached hydrogens (tertiary/aromatic N) is 3. The Hall–Kier alpha value is -2.85. The Balaban J connectivity index is 1.06. The highest BCUT2D eigenvalue weighted by molar-refractivity contribution is 7.99. The van der Waals surface area contributed by atoms with Gasteiger partial charge in [-0.05, 0) is 97.9 Å². The highest BCUT2D eigenvalue weighted by Gasteiger charge is 2.45. The number of carboxylic acids is 1. The first-order valence-electron chi connectivity index (χ1n) is 16.6. The topological polar surface area (TPSA) is 94.0 Å². The van der Waals surface area contributed by atoms with Gasteiger partial charge in [0.15, 0.2) is 5.16 Å². The number of hydrogen-bond acceptors (Lipinski definition) is 8. The maximum absolute atomic E-state index is 12.0. The van der Waals surface area contributed by atoms with E-state index < -0.39 is 5.97 Å². The van der Waals surface area contributed by atoms with Crippen molar-refractivity contribution in [3.8, 4) is 5.75 Å². The first-order valence-corrected chi connectivity index (χ1v) is 17.8. The lowest BCUT2D eigenvalue weighted by atomic mass is 9.67. The van der Waals surface area contributed by atoms with Crippen LogP contribution >= 0.6 is 23.4 Å². The SMILES string of the molecule is CC(CO[C@H]1CCO[C@H]([C@@H]2CC[C@H]2CN2CC3(CCCc4cc(Cl)ccc43)COc3ccc(C(=O)O)cc32)C1)Sc1ncccn1. The number of carboxylic acid groups (broad SMARTS) is 1. The molecule has 0 radical (unpaired) electrons. The number of carbonyl (C=O) groups is 1. The lowest BCUT2D eigenvalue weighted by molar-refractivity contribution is -0.116. The second-order valence-corrected chi connectivity index (χ2v) is 15.3. The van der Waals surface area contributed by atoms with Gasteiger partial charge in [-0.25, -0.2) is 14.8 Å². The molecule has 0 amide bonds. The van der Waals surface area contributed by atoms with E-state index >= 15 is 0 Å². The largest absolute Gasteiger partial charge is 0.490 e. The third-order valence-electron chi connectivity index (χ3n) is 10.4. The number of hydrogen-bond donors (Lipinski definition) is 1. The molecule has 7 rings (SSSR count). The molecular formula is C36H42ClN3O5S. The molecule has 4 aliphatic rings. The molecule has 2 aliphatic heterocycles. The van der Waals surface area contributed by atoms with E-state index in [0.717, 1.165) is 79.7 Å². The van der Waals surface area contributed by atoms with Gasteiger partial charge in [0.1, 0.15) is 5.75 Å². The molecule has 46 heavy (non-hydrogen) atoms. The Bertz CT molecular complexity index is 1550. The molecular weight excluding hydrogens is 622 g/mol. The van der Waals surface area contributed by atoms with Crippen LogP contribution in [0.4, 0.5) is 5.69 Å². The van der Waals surface area contributed by atoms with Crippen LogP contribution in [0.25, 0.3) is 0 Å². The number of anilines is 1. The van der Waals surface area contributed by atoms with Crippen molar-refractivity contribution in [2.24, 2.45) is 11.8 Å². The molecule has 3 heterocycles. The van der Waals surface area contributed by atoms with E-state index in [4.69, 9.17) is 25.8 Å². The molecule has 244 valence electrons. The summed E-state index contributed by atoms with van der Waals surface area (Å²) >= 11 is 8.07. The molecule has 3 aromatic rings. The maximum atomic E-state index is 12.0. The number of ether oxygens (including phenoxy) is 3. The molecule has 1 saturated heterocycles. The van der Waals surface area contributed by atoms with E-state index in [1.807, 2.05) is 18.2 Å². The standard InChI is InChI=1S/C36H42ClN3O5S/c1-23(46-35-38-13-3-14-39-35)20-44-28-11-15-43-33(18-28)29-8-5-26(29)19-40-21-36(12-2-4-24-16-27(37)7-9-30(24)36)22-45-32-10-6-25(34(41)42)17-31(32)40/h3,6-7,9-10,13-14,16-17,23,26,28-29,33H,2,4-5,8,11-12,15,18-22H2,1H3,(H,41,42)/t23?,26-,28-,29+,33-,36?/m0/s1. The molecule has 10 heteroatoms. The van der Waals surface area contributed by atoms with Crippen molar-refractivity contribution in [2.45, 2.75) is 79.9 Å². The molecule has 1 aromatic heterocycles. The minimum atomic E-state index is -0.924. The van der Waals surface area contributed by atoms with E-state index in [9.17, 15) is 9.90 Å². The van der Waals surface area contributed by atoms with Gasteiger partial charge >= 0.3 is 5.97 Å². The van der Waals surface area contributed by atoms with Crippen LogP contribution < -0.4 is 9.64 Å². The zero-order valence-corrected chi connectivity index (χ0v) is 27.8. The van der Waals surface area contributed by atoms with Crippen molar-refractivity contribution < 1.29 is 24.1 Å². The van der Waals surface area contributed by atoms with Gasteiger partial charge in [-0.2, -0.15) is 0 Å². The summed E-state index contributed by atoms with van der Waals surface area (Å²) in [6.45, 7) is 5.70. The summed E-state index contributed by atoms with van der Waals surface area (Å²) in [5, 5.41) is 11.7. The number of aromatic nitrogens is 2. The molecule has 1 spiro atoms. The van der Waals surface area contributed by atoms with Gasteiger partial charge in [0.05, 0.1) is 36.7 Å². The molecule has 2 unspecified atom stereocenters. The summed E-state index contributed by atoms with van der Waals surface area (Å²) in [5.41, 5.74) is 3.58. The minimum absolute atomic E-state index is 0.164. The number of halogens is 1. The molecule has 8 nitrogen and oxygen atoms in total. The van der Waals surface area contributed by atoms with Crippen molar-refractivity contribution in [3.05, 3.63) is 76.6 Å². The fourth-order valence-electron chi connectivity index (χ4n) is 7.92. The number of fused-ring (bicyclic) bond motifs is 3. The summed E-state index contributed by atoms with van der Waals surface area (Å²) in [5.74, 6) is 0.721. The highest BCUT2D eigenvalue weighted by Crippen LogP contribution is 2.47. The highest BCUT2D eigenvalue weighted by atomic mass is 35.5. The summed E-state index contributed by atoms with van der Waals surface area (Å²) in [7, 11) is 0. The van der Waals surface area contributed by atoms with Crippen molar-refractivity contribution in [2.75, 3.05) is 37.8 Å². The normalized spacial score (nSPS) is 27.9. The molecule has 2 aromatic carbocycles. The van der Waals surface area contributed by atoms with Crippen molar-refractivity contribution in [1.82, 2.24) is 9.97 Å². The van der Waals surface area contributed by atoms with Gasteiger partial charge in [0.2, 0.25) is 0 Å². The molecule has 2 fully saturated rings. The fourth-order valence-corrected chi connectivity index (χ4v) is 8.86. The van der Waals surface area contributed by atoms with E-state index in [1.54, 1.807) is 36.3 Å². The predicted octanol–water partition coefficient (Wildman–Crippen LogP) is 7.07. The van der Waals surface area contributed by atoms with Gasteiger partial charge in [-0.3, -0.25) is 0 Å². The quantitative estimate of drug-likeness (QED) is 0.191. The van der Waals surface area contributed by atoms with E-state index in [-0.39, 0.29) is 28.4 Å². The Labute approximate surface area is 280 Å². The van der Waals surface area contributed by atoms with Gasteiger partial charge in [0, 0.05) is 54.2 Å². The van der Waals surface area contributed by atoms with Crippen LogP contribution in [0.1, 0.15) is 66.9 Å². The second-order valence-electron chi connectivity index (χ2n) is 13.4. The zero-order chi connectivity index (χ0) is 31.7. The van der Waals surface area contributed by atoms with Crippen LogP contribution in [0.5, 0.6) is 5.75 Å². The molecule has 2 aliphatic carbocycles. The van der Waals surface area contributed by atoms with Crippen LogP contribution in [0.3, 0.4) is 0 Å². The van der Waals surface area contributed by atoms with Crippen molar-refractivity contribution in [3.63, 3.8) is 0 Å². The van der Waals surface area contributed by atoms with Gasteiger partial charge < -0.3 is 24.2 Å². The number of benzene rings is 2. The van der Waals surface area contributed by atoms with E-state index in [1.165, 1.54) is 11.1 Å². The van der Waals surface area contributed by atoms with Crippen LogP contribution in [0, 0.1) is 11.8 Å². The maximum Gasteiger partial charge on any atom is 0.335 e. The molecule has 6 atom stereocenters. The average Bonchev–Trinajstić information content (AvgIpc) is 3.19. The summed E-state index contributed by atoms with van der Waals surface area (Å²) in [6.07, 6.45) is 11.1. The second kappa shape index (κ2) is 13.7. The lowest BCUT2D eigenvalue weighted by Crippen LogP contribution is -2.50. The van der Waals surface area contributed by atoms with E-state index in [2.05, 4.69) is 33.9 Å². The van der Waals surface area contributed by atoms with Crippen molar-refractivity contribution in [1.29, 1.82) is 0 Å². The first kappa shape index (κ1) is 31.7. The molecule has 0 bridgehead atoms. The Morgan fingerprint density at radius 3 is 2.87 bits per heavy atom. The van der Waals surface area contributed by atoms with Crippen LogP contribution in [0.2, 0.25) is 5.02 Å². The molecule has 1 N–H and O–H groups in total. The van der Waals surface area contributed by atoms with Gasteiger partial charge in [0.25, 0.3) is 0 Å². The summed E-state index contributed by atoms with van der Waals surface area (Å²) < 4.78 is 19.4. The predicted molar refractivity (Wildman–Crippen MR) is 179 cm³/mol. The smallest absolute Gasteiger partial charge is 0.335 e. The van der Waals surface area contributed by atoms with Gasteiger partial charge in [-0.1, -0.05) is 36.4 Å². The Morgan fingerprint density at radius 2 is 2.07 bits per heavy atom. The minimum Gasteiger partial charge on any atom is -0.490 e. The Kier molecular flexibility index (Phi) is 9.46. The Morgan fingerprint density at radius 1 is 1.20 bits per heavy atom. The van der Waals surface area contributed by atoms with Crippen LogP contribution in [-0.2, 0) is 21.3 Å².